The van der Waals surface area contributed by atoms with E-state index >= 15 is 4.79 Å². The van der Waals surface area contributed by atoms with E-state index in [1.165, 1.54) is 22.3 Å². The van der Waals surface area contributed by atoms with Crippen LogP contribution in [0.4, 0.5) is 4.79 Å². The maximum absolute atomic E-state index is 15.0. The third-order valence-electron chi connectivity index (χ3n) is 13.4. The van der Waals surface area contributed by atoms with E-state index in [2.05, 4.69) is 213 Å². The predicted octanol–water partition coefficient (Wildman–Crippen LogP) is 13.8. The molecule has 1 aliphatic rings. The summed E-state index contributed by atoms with van der Waals surface area (Å²) in [5, 5.41) is 2.95. The normalized spacial score (nSPS) is 12.7. The second-order valence-electron chi connectivity index (χ2n) is 17.8. The first kappa shape index (κ1) is 47.3. The number of rotatable bonds is 18. The Morgan fingerprint density at radius 2 is 0.826 bits per heavy atom. The zero-order chi connectivity index (χ0) is 47.6. The fourth-order valence-electron chi connectivity index (χ4n) is 9.87. The van der Waals surface area contributed by atoms with Gasteiger partial charge in [-0.2, -0.15) is 0 Å². The molecule has 1 atom stereocenters. The van der Waals surface area contributed by atoms with E-state index in [9.17, 15) is 4.79 Å². The van der Waals surface area contributed by atoms with Crippen LogP contribution in [-0.4, -0.2) is 54.1 Å². The van der Waals surface area contributed by atoms with Gasteiger partial charge in [0.2, 0.25) is 5.91 Å². The molecule has 1 aliphatic carbocycles. The molecule has 0 saturated heterocycles. The Morgan fingerprint density at radius 1 is 0.493 bits per heavy atom. The summed E-state index contributed by atoms with van der Waals surface area (Å²) in [5.41, 5.74) is 14.0. The number of carbonyl (C=O) groups excluding carboxylic acids is 2. The molecule has 8 aromatic rings. The van der Waals surface area contributed by atoms with E-state index in [4.69, 9.17) is 4.74 Å². The molecule has 7 heteroatoms. The van der Waals surface area contributed by atoms with Crippen LogP contribution in [-0.2, 0) is 19.0 Å². The van der Waals surface area contributed by atoms with Crippen LogP contribution in [0, 0.1) is 13.8 Å². The van der Waals surface area contributed by atoms with E-state index in [1.807, 2.05) is 52.7 Å². The third kappa shape index (κ3) is 10.0. The van der Waals surface area contributed by atoms with Crippen molar-refractivity contribution in [2.45, 2.75) is 42.2 Å². The molecule has 0 spiro atoms. The van der Waals surface area contributed by atoms with E-state index < -0.39 is 21.6 Å². The number of carbonyl (C=O) groups is 2. The fraction of sp³-hybridized carbons (Fsp3) is 0.194. The number of nitrogens with zero attached hydrogens (tertiary/aromatic N) is 1. The first-order valence-electron chi connectivity index (χ1n) is 23.8. The Labute approximate surface area is 416 Å². The molecule has 8 aromatic carbocycles. The van der Waals surface area contributed by atoms with Crippen molar-refractivity contribution in [1.82, 2.24) is 10.2 Å². The molecule has 0 radical (unpaired) electrons. The molecule has 0 aliphatic heterocycles. The Morgan fingerprint density at radius 3 is 1.20 bits per heavy atom. The fourth-order valence-corrected chi connectivity index (χ4v) is 12.9. The monoisotopic (exact) mass is 942 g/mol. The van der Waals surface area contributed by atoms with Gasteiger partial charge in [-0.15, -0.1) is 23.5 Å². The summed E-state index contributed by atoms with van der Waals surface area (Å²) in [7, 11) is 0. The zero-order valence-corrected chi connectivity index (χ0v) is 41.1. The van der Waals surface area contributed by atoms with Gasteiger partial charge in [0.05, 0.1) is 9.49 Å². The van der Waals surface area contributed by atoms with Gasteiger partial charge in [0.1, 0.15) is 12.6 Å². The molecule has 346 valence electrons. The summed E-state index contributed by atoms with van der Waals surface area (Å²) >= 11 is 3.67. The number of fused-ring (bicyclic) bond motifs is 3. The number of amides is 2. The van der Waals surface area contributed by atoms with Crippen LogP contribution in [0.2, 0.25) is 0 Å². The Balaban J connectivity index is 1.01. The van der Waals surface area contributed by atoms with Gasteiger partial charge in [0, 0.05) is 30.5 Å². The molecular weight excluding hydrogens is 885 g/mol. The quantitative estimate of drug-likeness (QED) is 0.0869. The Bertz CT molecular complexity index is 2690. The molecule has 0 unspecified atom stereocenters. The van der Waals surface area contributed by atoms with Gasteiger partial charge in [-0.05, 0) is 76.4 Å². The van der Waals surface area contributed by atoms with Gasteiger partial charge in [-0.25, -0.2) is 4.79 Å². The van der Waals surface area contributed by atoms with Gasteiger partial charge in [0.15, 0.2) is 0 Å². The summed E-state index contributed by atoms with van der Waals surface area (Å²) in [5.74, 6) is 0.981. The number of thioether (sulfide) groups is 2. The average molecular weight is 943 g/mol. The number of aryl methyl sites for hydroxylation is 2. The summed E-state index contributed by atoms with van der Waals surface area (Å²) in [6.45, 7) is 7.06. The first-order valence-corrected chi connectivity index (χ1v) is 25.8. The van der Waals surface area contributed by atoms with Gasteiger partial charge in [-0.3, -0.25) is 4.79 Å². The molecule has 0 fully saturated rings. The van der Waals surface area contributed by atoms with Gasteiger partial charge in [0.25, 0.3) is 0 Å². The lowest BCUT2D eigenvalue weighted by molar-refractivity contribution is -0.132. The van der Waals surface area contributed by atoms with Crippen molar-refractivity contribution in [2.24, 2.45) is 0 Å². The van der Waals surface area contributed by atoms with Crippen molar-refractivity contribution in [3.05, 3.63) is 274 Å². The summed E-state index contributed by atoms with van der Waals surface area (Å²) in [6.07, 6.45) is -0.612. The summed E-state index contributed by atoms with van der Waals surface area (Å²) < 4.78 is 4.85. The van der Waals surface area contributed by atoms with Gasteiger partial charge in [-0.1, -0.05) is 230 Å². The van der Waals surface area contributed by atoms with Crippen molar-refractivity contribution in [3.63, 3.8) is 0 Å². The van der Waals surface area contributed by atoms with Crippen molar-refractivity contribution in [3.8, 4) is 11.1 Å². The lowest BCUT2D eigenvalue weighted by atomic mass is 9.84. The van der Waals surface area contributed by atoms with E-state index in [1.54, 1.807) is 6.92 Å². The maximum atomic E-state index is 15.0. The summed E-state index contributed by atoms with van der Waals surface area (Å²) in [4.78, 5) is 30.7. The standard InChI is InChI=1S/C62H58N2O3S2/c1-45-32-36-52(37-33-45)61(48-20-8-4-9-21-48,49-22-10-5-11-23-49)68-42-40-64(59(65)47(3)63-60(66)67-44-58-56-30-18-16-28-54(56)55-29-17-19-31-57(55)58)41-43-69-62(50-24-12-6-13-25-50,51-26-14-7-15-27-51)53-38-34-46(2)35-39-53/h4-39,47,58H,40-44H2,1-3H3,(H,63,66)/t47-/m0/s1. The van der Waals surface area contributed by atoms with Crippen LogP contribution in [0.25, 0.3) is 11.1 Å². The number of hydrogen-bond acceptors (Lipinski definition) is 5. The number of alkyl carbamates (subject to hydrolysis) is 1. The average Bonchev–Trinajstić information content (AvgIpc) is 3.72. The highest BCUT2D eigenvalue weighted by molar-refractivity contribution is 8.00. The maximum Gasteiger partial charge on any atom is 0.407 e. The lowest BCUT2D eigenvalue weighted by Crippen LogP contribution is -2.49. The van der Waals surface area contributed by atoms with Gasteiger partial charge >= 0.3 is 6.09 Å². The number of hydrogen-bond donors (Lipinski definition) is 1. The van der Waals surface area contributed by atoms with E-state index in [-0.39, 0.29) is 18.4 Å². The van der Waals surface area contributed by atoms with Crippen LogP contribution >= 0.6 is 23.5 Å². The van der Waals surface area contributed by atoms with Crippen molar-refractivity contribution < 1.29 is 14.3 Å². The van der Waals surface area contributed by atoms with Crippen LogP contribution in [0.3, 0.4) is 0 Å². The SMILES string of the molecule is Cc1ccc(C(SCCN(CCSC(c2ccccc2)(c2ccccc2)c2ccc(C)cc2)C(=O)[C@H](C)NC(=O)OCC2c3ccccc3-c3ccccc32)(c2ccccc2)c2ccccc2)cc1. The molecule has 0 heterocycles. The second-order valence-corrected chi connectivity index (χ2v) is 20.4. The highest BCUT2D eigenvalue weighted by atomic mass is 32.2. The van der Waals surface area contributed by atoms with E-state index in [0.29, 0.717) is 24.6 Å². The minimum atomic E-state index is -0.842. The van der Waals surface area contributed by atoms with Crippen molar-refractivity contribution >= 4 is 35.5 Å². The molecule has 1 N–H and O–H groups in total. The van der Waals surface area contributed by atoms with Crippen molar-refractivity contribution in [2.75, 3.05) is 31.2 Å². The highest BCUT2D eigenvalue weighted by Crippen LogP contribution is 2.50. The smallest absolute Gasteiger partial charge is 0.407 e. The van der Waals surface area contributed by atoms with Crippen molar-refractivity contribution in [1.29, 1.82) is 0 Å². The molecule has 9 rings (SSSR count). The summed E-state index contributed by atoms with van der Waals surface area (Å²) in [6, 6.07) is 76.1. The number of ether oxygens (including phenoxy) is 1. The number of benzene rings is 8. The van der Waals surface area contributed by atoms with Crippen LogP contribution in [0.15, 0.2) is 218 Å². The highest BCUT2D eigenvalue weighted by Gasteiger charge is 2.39. The van der Waals surface area contributed by atoms with Crippen LogP contribution in [0.5, 0.6) is 0 Å². The third-order valence-corrected chi connectivity index (χ3v) is 16.4. The lowest BCUT2D eigenvalue weighted by Gasteiger charge is -2.37. The molecule has 0 bridgehead atoms. The largest absolute Gasteiger partial charge is 0.449 e. The topological polar surface area (TPSA) is 58.6 Å². The molecule has 2 amide bonds. The molecule has 0 aromatic heterocycles. The van der Waals surface area contributed by atoms with Gasteiger partial charge < -0.3 is 15.0 Å². The molecule has 5 nitrogen and oxygen atoms in total. The zero-order valence-electron chi connectivity index (χ0n) is 39.5. The van der Waals surface area contributed by atoms with Crippen LogP contribution in [0.1, 0.15) is 68.5 Å². The number of nitrogens with one attached hydrogen (secondary N) is 1. The van der Waals surface area contributed by atoms with E-state index in [0.717, 1.165) is 44.5 Å². The Hall–Kier alpha value is -6.80. The minimum absolute atomic E-state index is 0.0919. The predicted molar refractivity (Wildman–Crippen MR) is 287 cm³/mol. The molecular formula is C62H58N2O3S2. The Kier molecular flexibility index (Phi) is 14.8. The second kappa shape index (κ2) is 21.7. The minimum Gasteiger partial charge on any atom is -0.449 e. The molecule has 0 saturated carbocycles. The molecule has 69 heavy (non-hydrogen) atoms. The van der Waals surface area contributed by atoms with Crippen LogP contribution < -0.4 is 5.32 Å². The first-order chi connectivity index (χ1) is 33.8.